The Bertz CT molecular complexity index is 873. The van der Waals surface area contributed by atoms with Gasteiger partial charge in [-0.2, -0.15) is 0 Å². The Kier molecular flexibility index (Phi) is 4.23. The van der Waals surface area contributed by atoms with Crippen molar-refractivity contribution >= 4 is 29.3 Å². The van der Waals surface area contributed by atoms with E-state index in [1.54, 1.807) is 29.7 Å². The number of nitrogens with zero attached hydrogens (tertiary/aromatic N) is 1. The quantitative estimate of drug-likeness (QED) is 0.897. The molecule has 0 bridgehead atoms. The summed E-state index contributed by atoms with van der Waals surface area (Å²) in [5, 5.41) is 2.87. The van der Waals surface area contributed by atoms with Gasteiger partial charge in [0.15, 0.2) is 0 Å². The number of carbonyl (C=O) groups is 2. The van der Waals surface area contributed by atoms with Crippen LogP contribution in [0.15, 0.2) is 48.5 Å². The predicted molar refractivity (Wildman–Crippen MR) is 100 cm³/mol. The van der Waals surface area contributed by atoms with E-state index in [4.69, 9.17) is 0 Å². The van der Waals surface area contributed by atoms with Crippen molar-refractivity contribution in [3.63, 3.8) is 0 Å². The molecule has 2 aromatic carbocycles. The van der Waals surface area contributed by atoms with Gasteiger partial charge in [0, 0.05) is 17.9 Å². The van der Waals surface area contributed by atoms with Crippen LogP contribution in [0.2, 0.25) is 0 Å². The molecule has 2 heterocycles. The number of hydrogen-bond donors (Lipinski definition) is 1. The van der Waals surface area contributed by atoms with Crippen LogP contribution in [-0.2, 0) is 14.5 Å². The van der Waals surface area contributed by atoms with Crippen LogP contribution in [0.4, 0.5) is 10.1 Å². The second-order valence-electron chi connectivity index (χ2n) is 6.69. The van der Waals surface area contributed by atoms with Crippen LogP contribution >= 0.6 is 11.8 Å². The maximum atomic E-state index is 13.3. The molecular formula is C20H19FN2O2S. The lowest BCUT2D eigenvalue weighted by atomic mass is 10.0. The van der Waals surface area contributed by atoms with E-state index in [0.29, 0.717) is 29.8 Å². The molecule has 4 nitrogen and oxygen atoms in total. The molecule has 2 aliphatic heterocycles. The summed E-state index contributed by atoms with van der Waals surface area (Å²) in [6.07, 6.45) is 1.15. The molecule has 0 aromatic heterocycles. The van der Waals surface area contributed by atoms with Crippen molar-refractivity contribution in [1.82, 2.24) is 4.90 Å². The van der Waals surface area contributed by atoms with Crippen LogP contribution in [0.1, 0.15) is 24.0 Å². The number of aryl methyl sites for hydroxylation is 1. The van der Waals surface area contributed by atoms with Crippen LogP contribution in [0.3, 0.4) is 0 Å². The number of nitrogens with one attached hydrogen (secondary N) is 1. The first kappa shape index (κ1) is 17.1. The molecule has 6 heteroatoms. The van der Waals surface area contributed by atoms with Crippen LogP contribution in [0.5, 0.6) is 0 Å². The van der Waals surface area contributed by atoms with Gasteiger partial charge >= 0.3 is 0 Å². The molecule has 2 atom stereocenters. The molecule has 26 heavy (non-hydrogen) atoms. The Hall–Kier alpha value is -2.34. The first-order valence-corrected chi connectivity index (χ1v) is 9.58. The lowest BCUT2D eigenvalue weighted by molar-refractivity contribution is -0.136. The van der Waals surface area contributed by atoms with E-state index in [1.807, 2.05) is 30.3 Å². The van der Waals surface area contributed by atoms with Crippen molar-refractivity contribution in [1.29, 1.82) is 0 Å². The summed E-state index contributed by atoms with van der Waals surface area (Å²) >= 11 is 1.66. The highest BCUT2D eigenvalue weighted by Gasteiger charge is 2.56. The van der Waals surface area contributed by atoms with Crippen molar-refractivity contribution < 1.29 is 14.0 Å². The topological polar surface area (TPSA) is 49.4 Å². The third kappa shape index (κ3) is 2.69. The summed E-state index contributed by atoms with van der Waals surface area (Å²) in [4.78, 5) is 26.8. The highest BCUT2D eigenvalue weighted by molar-refractivity contribution is 8.00. The van der Waals surface area contributed by atoms with Crippen molar-refractivity contribution in [3.8, 4) is 0 Å². The predicted octanol–water partition coefficient (Wildman–Crippen LogP) is 3.66. The highest BCUT2D eigenvalue weighted by Crippen LogP contribution is 2.54. The lowest BCUT2D eigenvalue weighted by Crippen LogP contribution is -2.48. The Balaban J connectivity index is 1.62. The summed E-state index contributed by atoms with van der Waals surface area (Å²) in [6, 6.07) is 13.6. The molecule has 0 spiro atoms. The molecule has 2 aliphatic rings. The van der Waals surface area contributed by atoms with Crippen LogP contribution < -0.4 is 5.32 Å². The van der Waals surface area contributed by atoms with Gasteiger partial charge in [0.25, 0.3) is 0 Å². The highest BCUT2D eigenvalue weighted by atomic mass is 32.2. The zero-order chi connectivity index (χ0) is 18.3. The van der Waals surface area contributed by atoms with Crippen LogP contribution in [-0.4, -0.2) is 28.5 Å². The number of halogens is 1. The number of benzene rings is 2. The zero-order valence-corrected chi connectivity index (χ0v) is 15.2. The molecule has 2 aromatic rings. The maximum absolute atomic E-state index is 13.3. The van der Waals surface area contributed by atoms with Crippen molar-refractivity contribution in [2.75, 3.05) is 11.1 Å². The minimum atomic E-state index is -0.528. The van der Waals surface area contributed by atoms with Gasteiger partial charge in [-0.3, -0.25) is 9.59 Å². The lowest BCUT2D eigenvalue weighted by Gasteiger charge is -2.34. The molecule has 1 N–H and O–H groups in total. The monoisotopic (exact) mass is 370 g/mol. The van der Waals surface area contributed by atoms with Crippen molar-refractivity contribution in [2.24, 2.45) is 0 Å². The Morgan fingerprint density at radius 1 is 1.27 bits per heavy atom. The van der Waals surface area contributed by atoms with E-state index in [0.717, 1.165) is 5.56 Å². The molecule has 2 amide bonds. The standard InChI is InChI=1S/C20H19FN2O2S/c1-13-11-15(21)7-8-16(13)22-19(25)17-12-26-20(10-9-18(24)23(17)20)14-5-3-2-4-6-14/h2-8,11,17H,9-10,12H2,1H3,(H,22,25)/t17-,20-/m1/s1. The van der Waals surface area contributed by atoms with Gasteiger partial charge in [-0.25, -0.2) is 4.39 Å². The minimum absolute atomic E-state index is 0.00910. The third-order valence-electron chi connectivity index (χ3n) is 5.10. The summed E-state index contributed by atoms with van der Waals surface area (Å²) in [6.45, 7) is 1.75. The van der Waals surface area contributed by atoms with Gasteiger partial charge < -0.3 is 10.2 Å². The number of amides is 2. The first-order valence-electron chi connectivity index (χ1n) is 8.60. The van der Waals surface area contributed by atoms with Gasteiger partial charge in [-0.15, -0.1) is 11.8 Å². The molecule has 4 rings (SSSR count). The average Bonchev–Trinajstić information content (AvgIpc) is 3.18. The smallest absolute Gasteiger partial charge is 0.248 e. The Morgan fingerprint density at radius 3 is 2.77 bits per heavy atom. The fourth-order valence-electron chi connectivity index (χ4n) is 3.82. The molecule has 0 aliphatic carbocycles. The summed E-state index contributed by atoms with van der Waals surface area (Å²) in [7, 11) is 0. The average molecular weight is 370 g/mol. The van der Waals surface area contributed by atoms with E-state index < -0.39 is 10.9 Å². The number of carbonyl (C=O) groups excluding carboxylic acids is 2. The summed E-state index contributed by atoms with van der Waals surface area (Å²) in [5.74, 6) is -0.00276. The molecule has 0 radical (unpaired) electrons. The van der Waals surface area contributed by atoms with Gasteiger partial charge in [-0.05, 0) is 42.7 Å². The van der Waals surface area contributed by atoms with Crippen LogP contribution in [0.25, 0.3) is 0 Å². The van der Waals surface area contributed by atoms with E-state index in [2.05, 4.69) is 5.32 Å². The third-order valence-corrected chi connectivity index (χ3v) is 6.70. The number of fused-ring (bicyclic) bond motifs is 1. The number of hydrogen-bond acceptors (Lipinski definition) is 3. The molecular weight excluding hydrogens is 351 g/mol. The van der Waals surface area contributed by atoms with Crippen molar-refractivity contribution in [3.05, 3.63) is 65.5 Å². The van der Waals surface area contributed by atoms with E-state index >= 15 is 0 Å². The van der Waals surface area contributed by atoms with Gasteiger partial charge in [-0.1, -0.05) is 30.3 Å². The Labute approximate surface area is 155 Å². The van der Waals surface area contributed by atoms with Gasteiger partial charge in [0.2, 0.25) is 11.8 Å². The number of thioether (sulfide) groups is 1. The Morgan fingerprint density at radius 2 is 2.04 bits per heavy atom. The normalized spacial score (nSPS) is 24.6. The number of rotatable bonds is 3. The molecule has 0 unspecified atom stereocenters. The second kappa shape index (κ2) is 6.43. The summed E-state index contributed by atoms with van der Waals surface area (Å²) in [5.41, 5.74) is 2.29. The van der Waals surface area contributed by atoms with E-state index in [-0.39, 0.29) is 17.6 Å². The van der Waals surface area contributed by atoms with E-state index in [9.17, 15) is 14.0 Å². The van der Waals surface area contributed by atoms with Crippen LogP contribution in [0, 0.1) is 12.7 Å². The zero-order valence-electron chi connectivity index (χ0n) is 14.4. The molecule has 2 fully saturated rings. The minimum Gasteiger partial charge on any atom is -0.324 e. The SMILES string of the molecule is Cc1cc(F)ccc1NC(=O)[C@H]1CS[C@@]2(c3ccccc3)CCC(=O)N12. The number of anilines is 1. The molecule has 134 valence electrons. The first-order chi connectivity index (χ1) is 12.5. The maximum Gasteiger partial charge on any atom is 0.248 e. The fourth-order valence-corrected chi connectivity index (χ4v) is 5.47. The second-order valence-corrected chi connectivity index (χ2v) is 7.99. The molecule has 2 saturated heterocycles. The molecule has 0 saturated carbocycles. The van der Waals surface area contributed by atoms with Gasteiger partial charge in [0.1, 0.15) is 16.7 Å². The largest absolute Gasteiger partial charge is 0.324 e. The van der Waals surface area contributed by atoms with E-state index in [1.165, 1.54) is 12.1 Å². The fraction of sp³-hybridized carbons (Fsp3) is 0.300. The van der Waals surface area contributed by atoms with Crippen molar-refractivity contribution in [2.45, 2.75) is 30.7 Å². The summed E-state index contributed by atoms with van der Waals surface area (Å²) < 4.78 is 13.3. The van der Waals surface area contributed by atoms with Gasteiger partial charge in [0.05, 0.1) is 0 Å².